The van der Waals surface area contributed by atoms with Gasteiger partial charge in [-0.15, -0.1) is 0 Å². The lowest BCUT2D eigenvalue weighted by Crippen LogP contribution is -2.16. The van der Waals surface area contributed by atoms with Gasteiger partial charge in [-0.2, -0.15) is 0 Å². The molecule has 3 heteroatoms. The highest BCUT2D eigenvalue weighted by Gasteiger charge is 2.38. The maximum atomic E-state index is 11.2. The van der Waals surface area contributed by atoms with Crippen LogP contribution in [0.1, 0.15) is 25.7 Å². The van der Waals surface area contributed by atoms with E-state index in [2.05, 4.69) is 0 Å². The summed E-state index contributed by atoms with van der Waals surface area (Å²) in [6.07, 6.45) is 4.81. The topological polar surface area (TPSA) is 34.1 Å². The van der Waals surface area contributed by atoms with Gasteiger partial charge in [0.1, 0.15) is 0 Å². The highest BCUT2D eigenvalue weighted by atomic mass is 32.2. The fourth-order valence-corrected chi connectivity index (χ4v) is 4.76. The molecule has 11 heavy (non-hydrogen) atoms. The lowest BCUT2D eigenvalue weighted by molar-refractivity contribution is 0.299. The quantitative estimate of drug-likeness (QED) is 0.553. The Kier molecular flexibility index (Phi) is 1.71. The Hall–Kier alpha value is -0.0500. The van der Waals surface area contributed by atoms with E-state index in [9.17, 15) is 8.42 Å². The number of sulfone groups is 1. The molecule has 0 radical (unpaired) electrons. The maximum absolute atomic E-state index is 11.2. The summed E-state index contributed by atoms with van der Waals surface area (Å²) in [5.41, 5.74) is 0. The second-order valence-electron chi connectivity index (χ2n) is 3.88. The maximum Gasteiger partial charge on any atom is 0.150 e. The van der Waals surface area contributed by atoms with Crippen LogP contribution in [0.25, 0.3) is 0 Å². The molecule has 2 fully saturated rings. The highest BCUT2D eigenvalue weighted by Crippen LogP contribution is 2.37. The molecular weight excluding hydrogens is 160 g/mol. The van der Waals surface area contributed by atoms with E-state index in [-0.39, 0.29) is 0 Å². The average Bonchev–Trinajstić information content (AvgIpc) is 2.21. The van der Waals surface area contributed by atoms with Crippen LogP contribution in [-0.2, 0) is 9.84 Å². The summed E-state index contributed by atoms with van der Waals surface area (Å²) in [6.45, 7) is 0. The molecule has 64 valence electrons. The van der Waals surface area contributed by atoms with E-state index >= 15 is 0 Å². The fourth-order valence-electron chi connectivity index (χ4n) is 2.44. The minimum absolute atomic E-state index is 0.484. The molecule has 1 aliphatic heterocycles. The van der Waals surface area contributed by atoms with Crippen molar-refractivity contribution in [1.82, 2.24) is 0 Å². The second-order valence-corrected chi connectivity index (χ2v) is 6.04. The van der Waals surface area contributed by atoms with Crippen LogP contribution in [0.3, 0.4) is 0 Å². The van der Waals surface area contributed by atoms with Crippen LogP contribution in [0.15, 0.2) is 0 Å². The Bertz CT molecular complexity index is 223. The van der Waals surface area contributed by atoms with Gasteiger partial charge in [-0.25, -0.2) is 8.42 Å². The Balaban J connectivity index is 2.15. The third-order valence-corrected chi connectivity index (χ3v) is 4.87. The molecule has 1 heterocycles. The third-order valence-electron chi connectivity index (χ3n) is 3.00. The molecule has 0 aromatic heterocycles. The Labute approximate surface area is 67.9 Å². The van der Waals surface area contributed by atoms with E-state index in [0.29, 0.717) is 23.3 Å². The van der Waals surface area contributed by atoms with Crippen molar-refractivity contribution in [3.8, 4) is 0 Å². The van der Waals surface area contributed by atoms with Crippen molar-refractivity contribution in [2.75, 3.05) is 11.5 Å². The zero-order valence-electron chi connectivity index (χ0n) is 6.62. The summed E-state index contributed by atoms with van der Waals surface area (Å²) < 4.78 is 22.4. The molecule has 0 bridgehead atoms. The minimum Gasteiger partial charge on any atom is -0.229 e. The largest absolute Gasteiger partial charge is 0.229 e. The molecule has 2 nitrogen and oxygen atoms in total. The standard InChI is InChI=1S/C8H14O2S/c9-11(10)5-7-3-1-2-4-8(7)6-11/h7-8H,1-6H2/t7-,8?/m1/s1. The van der Waals surface area contributed by atoms with Gasteiger partial charge in [-0.1, -0.05) is 12.8 Å². The van der Waals surface area contributed by atoms with Gasteiger partial charge in [0.2, 0.25) is 0 Å². The predicted molar refractivity (Wildman–Crippen MR) is 44.1 cm³/mol. The summed E-state index contributed by atoms with van der Waals surface area (Å²) in [5, 5.41) is 0. The molecule has 1 unspecified atom stereocenters. The third kappa shape index (κ3) is 1.43. The minimum atomic E-state index is -2.63. The molecule has 0 aromatic rings. The van der Waals surface area contributed by atoms with Gasteiger partial charge >= 0.3 is 0 Å². The predicted octanol–water partition coefficient (Wildman–Crippen LogP) is 1.22. The first-order chi connectivity index (χ1) is 5.17. The molecule has 1 aliphatic carbocycles. The summed E-state index contributed by atoms with van der Waals surface area (Å²) in [6, 6.07) is 0. The Morgan fingerprint density at radius 1 is 0.909 bits per heavy atom. The molecule has 0 amide bonds. The van der Waals surface area contributed by atoms with Crippen molar-refractivity contribution in [3.05, 3.63) is 0 Å². The van der Waals surface area contributed by atoms with Crippen LogP contribution in [0, 0.1) is 11.8 Å². The van der Waals surface area contributed by atoms with E-state index in [1.54, 1.807) is 0 Å². The number of hydrogen-bond donors (Lipinski definition) is 0. The SMILES string of the molecule is O=S1(=O)CC2CCCC[C@@H]2C1. The summed E-state index contributed by atoms with van der Waals surface area (Å²) in [7, 11) is -2.63. The van der Waals surface area contributed by atoms with E-state index in [4.69, 9.17) is 0 Å². The zero-order chi connectivity index (χ0) is 7.90. The second kappa shape index (κ2) is 2.47. The lowest BCUT2D eigenvalue weighted by Gasteiger charge is -2.22. The first-order valence-electron chi connectivity index (χ1n) is 4.38. The monoisotopic (exact) mass is 174 g/mol. The molecule has 2 atom stereocenters. The number of fused-ring (bicyclic) bond motifs is 1. The highest BCUT2D eigenvalue weighted by molar-refractivity contribution is 7.91. The lowest BCUT2D eigenvalue weighted by atomic mass is 9.82. The van der Waals surface area contributed by atoms with Crippen molar-refractivity contribution in [2.45, 2.75) is 25.7 Å². The van der Waals surface area contributed by atoms with Crippen LogP contribution in [0.5, 0.6) is 0 Å². The molecule has 1 saturated heterocycles. The fraction of sp³-hybridized carbons (Fsp3) is 1.00. The van der Waals surface area contributed by atoms with Crippen LogP contribution in [-0.4, -0.2) is 19.9 Å². The van der Waals surface area contributed by atoms with Gasteiger partial charge < -0.3 is 0 Å². The first kappa shape index (κ1) is 7.59. The molecule has 2 aliphatic rings. The molecule has 1 saturated carbocycles. The van der Waals surface area contributed by atoms with Crippen molar-refractivity contribution >= 4 is 9.84 Å². The van der Waals surface area contributed by atoms with Crippen LogP contribution in [0.2, 0.25) is 0 Å². The molecule has 2 rings (SSSR count). The van der Waals surface area contributed by atoms with E-state index in [0.717, 1.165) is 12.8 Å². The zero-order valence-corrected chi connectivity index (χ0v) is 7.44. The van der Waals surface area contributed by atoms with Gasteiger partial charge in [0, 0.05) is 0 Å². The smallest absolute Gasteiger partial charge is 0.150 e. The molecule has 0 aromatic carbocycles. The molecule has 0 spiro atoms. The van der Waals surface area contributed by atoms with E-state index in [1.165, 1.54) is 12.8 Å². The van der Waals surface area contributed by atoms with Crippen molar-refractivity contribution < 1.29 is 8.42 Å². The Morgan fingerprint density at radius 3 is 1.82 bits per heavy atom. The van der Waals surface area contributed by atoms with E-state index in [1.807, 2.05) is 0 Å². The van der Waals surface area contributed by atoms with Gasteiger partial charge in [0.25, 0.3) is 0 Å². The summed E-state index contributed by atoms with van der Waals surface area (Å²) in [5.74, 6) is 2.01. The van der Waals surface area contributed by atoms with Crippen LogP contribution in [0.4, 0.5) is 0 Å². The van der Waals surface area contributed by atoms with E-state index < -0.39 is 9.84 Å². The molecular formula is C8H14O2S. The normalized spacial score (nSPS) is 41.8. The van der Waals surface area contributed by atoms with Crippen molar-refractivity contribution in [1.29, 1.82) is 0 Å². The van der Waals surface area contributed by atoms with Crippen molar-refractivity contribution in [2.24, 2.45) is 11.8 Å². The summed E-state index contributed by atoms with van der Waals surface area (Å²) in [4.78, 5) is 0. The van der Waals surface area contributed by atoms with Gasteiger partial charge in [-0.05, 0) is 24.7 Å². The number of hydrogen-bond acceptors (Lipinski definition) is 2. The van der Waals surface area contributed by atoms with Crippen molar-refractivity contribution in [3.63, 3.8) is 0 Å². The van der Waals surface area contributed by atoms with Crippen LogP contribution < -0.4 is 0 Å². The summed E-state index contributed by atoms with van der Waals surface area (Å²) >= 11 is 0. The van der Waals surface area contributed by atoms with Crippen LogP contribution >= 0.6 is 0 Å². The van der Waals surface area contributed by atoms with Gasteiger partial charge in [-0.3, -0.25) is 0 Å². The number of rotatable bonds is 0. The first-order valence-corrected chi connectivity index (χ1v) is 6.20. The van der Waals surface area contributed by atoms with Gasteiger partial charge in [0.15, 0.2) is 9.84 Å². The molecule has 0 N–H and O–H groups in total. The Morgan fingerprint density at radius 2 is 1.36 bits per heavy atom. The van der Waals surface area contributed by atoms with Gasteiger partial charge in [0.05, 0.1) is 11.5 Å². The average molecular weight is 174 g/mol.